The molecule has 1 heterocycles. The Morgan fingerprint density at radius 2 is 1.95 bits per heavy atom. The van der Waals surface area contributed by atoms with Crippen LogP contribution in [0.5, 0.6) is 0 Å². The van der Waals surface area contributed by atoms with Crippen LogP contribution >= 0.6 is 12.4 Å². The molecule has 1 saturated heterocycles. The zero-order valence-electron chi connectivity index (χ0n) is 11.4. The lowest BCUT2D eigenvalue weighted by molar-refractivity contribution is -0.131. The fourth-order valence-electron chi connectivity index (χ4n) is 2.24. The zero-order valence-corrected chi connectivity index (χ0v) is 13.0. The zero-order chi connectivity index (χ0) is 13.9. The molecule has 2 fully saturated rings. The Balaban J connectivity index is 0.00000200. The molecule has 1 aliphatic carbocycles. The van der Waals surface area contributed by atoms with Gasteiger partial charge in [0.05, 0.1) is 17.6 Å². The molecule has 0 radical (unpaired) electrons. The summed E-state index contributed by atoms with van der Waals surface area (Å²) in [6.45, 7) is 0.584. The second kappa shape index (κ2) is 7.59. The van der Waals surface area contributed by atoms with Crippen LogP contribution in [0.15, 0.2) is 0 Å². The van der Waals surface area contributed by atoms with Crippen LogP contribution in [0.4, 0.5) is 0 Å². The van der Waals surface area contributed by atoms with E-state index in [9.17, 15) is 13.2 Å². The lowest BCUT2D eigenvalue weighted by Gasteiger charge is -2.12. The predicted molar refractivity (Wildman–Crippen MR) is 78.6 cm³/mol. The van der Waals surface area contributed by atoms with Crippen molar-refractivity contribution >= 4 is 28.2 Å². The van der Waals surface area contributed by atoms with Crippen molar-refractivity contribution in [3.05, 3.63) is 0 Å². The normalized spacial score (nSPS) is 26.1. The van der Waals surface area contributed by atoms with Crippen LogP contribution < -0.4 is 11.1 Å². The molecule has 2 rings (SSSR count). The van der Waals surface area contributed by atoms with Gasteiger partial charge in [-0.15, -0.1) is 12.4 Å². The number of rotatable bonds is 7. The molecule has 20 heavy (non-hydrogen) atoms. The van der Waals surface area contributed by atoms with Gasteiger partial charge in [-0.2, -0.15) is 0 Å². The van der Waals surface area contributed by atoms with E-state index in [4.69, 9.17) is 10.5 Å². The molecule has 8 heteroatoms. The number of nitrogens with one attached hydrogen (secondary N) is 1. The van der Waals surface area contributed by atoms with Gasteiger partial charge in [0.15, 0.2) is 9.84 Å². The van der Waals surface area contributed by atoms with E-state index in [1.165, 1.54) is 0 Å². The summed E-state index contributed by atoms with van der Waals surface area (Å²) in [7, 11) is -3.03. The average Bonchev–Trinajstić information content (AvgIpc) is 3.01. The maximum absolute atomic E-state index is 11.8. The molecular weight excluding hydrogens is 304 g/mol. The van der Waals surface area contributed by atoms with E-state index < -0.39 is 15.9 Å². The van der Waals surface area contributed by atoms with Crippen molar-refractivity contribution in [2.24, 2.45) is 11.7 Å². The third kappa shape index (κ3) is 5.55. The van der Waals surface area contributed by atoms with Gasteiger partial charge in [0.1, 0.15) is 6.10 Å². The number of carbonyl (C=O) groups excluding carboxylic acids is 1. The Bertz CT molecular complexity index is 425. The minimum atomic E-state index is -3.03. The highest BCUT2D eigenvalue weighted by atomic mass is 35.5. The Hall–Kier alpha value is -0.370. The first-order chi connectivity index (χ1) is 9.00. The van der Waals surface area contributed by atoms with Crippen molar-refractivity contribution in [1.29, 1.82) is 0 Å². The summed E-state index contributed by atoms with van der Waals surface area (Å²) in [6, 6.07) is 0. The molecule has 6 nitrogen and oxygen atoms in total. The summed E-state index contributed by atoms with van der Waals surface area (Å²) >= 11 is 0. The van der Waals surface area contributed by atoms with E-state index in [1.54, 1.807) is 0 Å². The number of sulfone groups is 1. The van der Waals surface area contributed by atoms with Gasteiger partial charge < -0.3 is 15.8 Å². The van der Waals surface area contributed by atoms with E-state index in [2.05, 4.69) is 5.32 Å². The van der Waals surface area contributed by atoms with Crippen LogP contribution in [0.25, 0.3) is 0 Å². The van der Waals surface area contributed by atoms with Gasteiger partial charge in [0, 0.05) is 13.1 Å². The van der Waals surface area contributed by atoms with Crippen molar-refractivity contribution < 1.29 is 17.9 Å². The van der Waals surface area contributed by atoms with Crippen molar-refractivity contribution in [2.75, 3.05) is 24.6 Å². The van der Waals surface area contributed by atoms with Gasteiger partial charge in [-0.1, -0.05) is 0 Å². The number of amides is 1. The van der Waals surface area contributed by atoms with E-state index in [-0.39, 0.29) is 42.5 Å². The number of halogens is 1. The Morgan fingerprint density at radius 1 is 1.25 bits per heavy atom. The van der Waals surface area contributed by atoms with Gasteiger partial charge in [-0.3, -0.25) is 4.79 Å². The first-order valence-electron chi connectivity index (χ1n) is 6.84. The average molecular weight is 327 g/mol. The molecule has 0 bridgehead atoms. The topological polar surface area (TPSA) is 98.5 Å². The number of nitrogens with two attached hydrogens (primary N) is 1. The van der Waals surface area contributed by atoms with Crippen molar-refractivity contribution in [2.45, 2.75) is 37.9 Å². The first-order valence-corrected chi connectivity index (χ1v) is 8.66. The van der Waals surface area contributed by atoms with E-state index in [0.717, 1.165) is 19.3 Å². The van der Waals surface area contributed by atoms with Gasteiger partial charge in [0.25, 0.3) is 0 Å². The molecule has 2 aliphatic rings. The molecule has 3 N–H and O–H groups in total. The highest BCUT2D eigenvalue weighted by molar-refractivity contribution is 7.91. The monoisotopic (exact) mass is 326 g/mol. The molecule has 1 amide bonds. The third-order valence-electron chi connectivity index (χ3n) is 3.56. The molecular formula is C12H23ClN2O4S. The summed E-state index contributed by atoms with van der Waals surface area (Å²) in [5.74, 6) is 0.405. The Kier molecular flexibility index (Phi) is 6.71. The summed E-state index contributed by atoms with van der Waals surface area (Å²) in [4.78, 5) is 11.8. The maximum Gasteiger partial charge on any atom is 0.249 e. The molecule has 1 saturated carbocycles. The number of ether oxygens (including phenoxy) is 1. The van der Waals surface area contributed by atoms with Crippen LogP contribution in [0, 0.1) is 5.92 Å². The lowest BCUT2D eigenvalue weighted by atomic mass is 10.2. The minimum Gasteiger partial charge on any atom is -0.364 e. The molecule has 0 aromatic carbocycles. The largest absolute Gasteiger partial charge is 0.364 e. The van der Waals surface area contributed by atoms with Crippen molar-refractivity contribution in [3.8, 4) is 0 Å². The molecule has 0 spiro atoms. The minimum absolute atomic E-state index is 0. The molecule has 2 atom stereocenters. The van der Waals surface area contributed by atoms with Gasteiger partial charge in [0.2, 0.25) is 5.91 Å². The molecule has 0 unspecified atom stereocenters. The van der Waals surface area contributed by atoms with Gasteiger partial charge >= 0.3 is 0 Å². The second-order valence-electron chi connectivity index (χ2n) is 5.41. The molecule has 0 aromatic rings. The second-order valence-corrected chi connectivity index (χ2v) is 7.64. The SMILES string of the molecule is Cl.NC[C@H]1CC[C@@H](C(=O)NCCS(=O)(=O)CC2CC2)O1. The van der Waals surface area contributed by atoms with Crippen LogP contribution in [-0.2, 0) is 19.4 Å². The van der Waals surface area contributed by atoms with E-state index in [1.807, 2.05) is 0 Å². The van der Waals surface area contributed by atoms with E-state index in [0.29, 0.717) is 18.9 Å². The molecule has 1 aliphatic heterocycles. The summed E-state index contributed by atoms with van der Waals surface area (Å²) in [6.07, 6.45) is 2.95. The van der Waals surface area contributed by atoms with Crippen molar-refractivity contribution in [3.63, 3.8) is 0 Å². The summed E-state index contributed by atoms with van der Waals surface area (Å²) < 4.78 is 28.8. The fourth-order valence-corrected chi connectivity index (χ4v) is 3.87. The highest BCUT2D eigenvalue weighted by Crippen LogP contribution is 2.30. The Labute approximate surface area is 126 Å². The lowest BCUT2D eigenvalue weighted by Crippen LogP contribution is -2.38. The first kappa shape index (κ1) is 17.7. The van der Waals surface area contributed by atoms with Crippen molar-refractivity contribution in [1.82, 2.24) is 5.32 Å². The quantitative estimate of drug-likeness (QED) is 0.678. The summed E-state index contributed by atoms with van der Waals surface area (Å²) in [5, 5.41) is 2.64. The maximum atomic E-state index is 11.8. The number of carbonyl (C=O) groups is 1. The Morgan fingerprint density at radius 3 is 2.50 bits per heavy atom. The van der Waals surface area contributed by atoms with Crippen LogP contribution in [0.2, 0.25) is 0 Å². The third-order valence-corrected chi connectivity index (χ3v) is 5.37. The van der Waals surface area contributed by atoms with Gasteiger partial charge in [-0.25, -0.2) is 8.42 Å². The highest BCUT2D eigenvalue weighted by Gasteiger charge is 2.30. The fraction of sp³-hybridized carbons (Fsp3) is 0.917. The van der Waals surface area contributed by atoms with Gasteiger partial charge in [-0.05, 0) is 31.6 Å². The van der Waals surface area contributed by atoms with Crippen LogP contribution in [-0.4, -0.2) is 51.1 Å². The standard InChI is InChI=1S/C12H22N2O4S.ClH/c13-7-10-3-4-11(18-10)12(15)14-5-6-19(16,17)8-9-1-2-9;/h9-11H,1-8,13H2,(H,14,15);1H/t10-,11+;/m1./s1. The predicted octanol–water partition coefficient (Wildman–Crippen LogP) is -0.144. The number of hydrogen-bond donors (Lipinski definition) is 2. The molecule has 118 valence electrons. The number of hydrogen-bond acceptors (Lipinski definition) is 5. The molecule has 0 aromatic heterocycles. The smallest absolute Gasteiger partial charge is 0.249 e. The van der Waals surface area contributed by atoms with Crippen LogP contribution in [0.3, 0.4) is 0 Å². The van der Waals surface area contributed by atoms with Crippen LogP contribution in [0.1, 0.15) is 25.7 Å². The summed E-state index contributed by atoms with van der Waals surface area (Å²) in [5.41, 5.74) is 5.47. The van der Waals surface area contributed by atoms with E-state index >= 15 is 0 Å².